The van der Waals surface area contributed by atoms with Crippen molar-refractivity contribution in [2.24, 2.45) is 0 Å². The van der Waals surface area contributed by atoms with Crippen LogP contribution < -0.4 is 5.32 Å². The molecule has 1 aliphatic heterocycles. The van der Waals surface area contributed by atoms with Crippen LogP contribution in [0.25, 0.3) is 0 Å². The molecule has 0 bridgehead atoms. The Hall–Kier alpha value is -1.14. The molecule has 94 valence electrons. The van der Waals surface area contributed by atoms with Crippen LogP contribution in [0, 0.1) is 0 Å². The predicted octanol–water partition coefficient (Wildman–Crippen LogP) is 1.67. The highest BCUT2D eigenvalue weighted by atomic mass is 19.4. The second-order valence-electron chi connectivity index (χ2n) is 4.20. The molecule has 1 aromatic heterocycles. The standard InChI is InChI=1S/C11H13F3N2O/c12-11(13,14)8-1-4-16-7-9(8)10(17)2-5-15-6-3-10/h1,4,7,15,17H,2-3,5-6H2. The van der Waals surface area contributed by atoms with E-state index in [-0.39, 0.29) is 18.4 Å². The van der Waals surface area contributed by atoms with E-state index >= 15 is 0 Å². The Morgan fingerprint density at radius 3 is 2.53 bits per heavy atom. The average Bonchev–Trinajstić information content (AvgIpc) is 2.29. The van der Waals surface area contributed by atoms with Crippen LogP contribution in [0.2, 0.25) is 0 Å². The molecule has 17 heavy (non-hydrogen) atoms. The van der Waals surface area contributed by atoms with E-state index in [0.717, 1.165) is 18.5 Å². The molecule has 2 N–H and O–H groups in total. The summed E-state index contributed by atoms with van der Waals surface area (Å²) in [5.74, 6) is 0. The molecule has 0 spiro atoms. The van der Waals surface area contributed by atoms with Crippen LogP contribution in [-0.2, 0) is 11.8 Å². The molecule has 0 saturated carbocycles. The maximum Gasteiger partial charge on any atom is 0.416 e. The van der Waals surface area contributed by atoms with Crippen molar-refractivity contribution in [3.8, 4) is 0 Å². The minimum atomic E-state index is -4.46. The normalized spacial score (nSPS) is 20.2. The third kappa shape index (κ3) is 2.42. The number of nitrogens with one attached hydrogen (secondary N) is 1. The Bertz CT molecular complexity index is 400. The number of aliphatic hydroxyl groups is 1. The lowest BCUT2D eigenvalue weighted by Crippen LogP contribution is -2.41. The van der Waals surface area contributed by atoms with E-state index in [0.29, 0.717) is 13.1 Å². The predicted molar refractivity (Wildman–Crippen MR) is 55.2 cm³/mol. The van der Waals surface area contributed by atoms with Gasteiger partial charge in [-0.25, -0.2) is 0 Å². The van der Waals surface area contributed by atoms with E-state index in [1.54, 1.807) is 0 Å². The average molecular weight is 246 g/mol. The van der Waals surface area contributed by atoms with Crippen molar-refractivity contribution in [3.63, 3.8) is 0 Å². The summed E-state index contributed by atoms with van der Waals surface area (Å²) in [5.41, 5.74) is -2.34. The molecule has 0 aliphatic carbocycles. The Morgan fingerprint density at radius 1 is 1.29 bits per heavy atom. The van der Waals surface area contributed by atoms with E-state index in [9.17, 15) is 18.3 Å². The van der Waals surface area contributed by atoms with Crippen LogP contribution >= 0.6 is 0 Å². The van der Waals surface area contributed by atoms with Gasteiger partial charge in [0, 0.05) is 18.0 Å². The summed E-state index contributed by atoms with van der Waals surface area (Å²) in [5, 5.41) is 13.3. The van der Waals surface area contributed by atoms with Crippen molar-refractivity contribution in [3.05, 3.63) is 29.6 Å². The van der Waals surface area contributed by atoms with Crippen molar-refractivity contribution in [1.29, 1.82) is 0 Å². The highest BCUT2D eigenvalue weighted by Crippen LogP contribution is 2.39. The molecule has 2 heterocycles. The monoisotopic (exact) mass is 246 g/mol. The zero-order valence-corrected chi connectivity index (χ0v) is 9.09. The molecule has 1 fully saturated rings. The molecule has 0 amide bonds. The summed E-state index contributed by atoms with van der Waals surface area (Å²) in [6, 6.07) is 0.912. The fourth-order valence-electron chi connectivity index (χ4n) is 2.12. The van der Waals surface area contributed by atoms with Crippen molar-refractivity contribution < 1.29 is 18.3 Å². The lowest BCUT2D eigenvalue weighted by molar-refractivity contribution is -0.141. The van der Waals surface area contributed by atoms with Gasteiger partial charge in [-0.05, 0) is 32.0 Å². The molecule has 1 saturated heterocycles. The fraction of sp³-hybridized carbons (Fsp3) is 0.545. The smallest absolute Gasteiger partial charge is 0.385 e. The summed E-state index contributed by atoms with van der Waals surface area (Å²) < 4.78 is 38.5. The third-order valence-electron chi connectivity index (χ3n) is 3.06. The van der Waals surface area contributed by atoms with Gasteiger partial charge in [-0.3, -0.25) is 4.98 Å². The van der Waals surface area contributed by atoms with Crippen molar-refractivity contribution in [2.45, 2.75) is 24.6 Å². The molecular weight excluding hydrogens is 233 g/mol. The minimum absolute atomic E-state index is 0.117. The Balaban J connectivity index is 2.44. The molecule has 0 aromatic carbocycles. The van der Waals surface area contributed by atoms with Crippen molar-refractivity contribution in [1.82, 2.24) is 10.3 Å². The quantitative estimate of drug-likeness (QED) is 0.792. The molecule has 2 rings (SSSR count). The second-order valence-corrected chi connectivity index (χ2v) is 4.20. The first-order chi connectivity index (χ1) is 7.93. The van der Waals surface area contributed by atoms with Gasteiger partial charge in [-0.15, -0.1) is 0 Å². The number of halogens is 3. The molecule has 1 aliphatic rings. The summed E-state index contributed by atoms with van der Waals surface area (Å²) in [4.78, 5) is 3.70. The van der Waals surface area contributed by atoms with Crippen LogP contribution in [0.1, 0.15) is 24.0 Å². The largest absolute Gasteiger partial charge is 0.416 e. The van der Waals surface area contributed by atoms with E-state index in [2.05, 4.69) is 10.3 Å². The van der Waals surface area contributed by atoms with Gasteiger partial charge in [0.1, 0.15) is 0 Å². The zero-order chi connectivity index (χ0) is 12.5. The number of hydrogen-bond donors (Lipinski definition) is 2. The SMILES string of the molecule is OC1(c2cnccc2C(F)(F)F)CCNCC1. The van der Waals surface area contributed by atoms with Gasteiger partial charge in [0.05, 0.1) is 11.2 Å². The second kappa shape index (κ2) is 4.27. The van der Waals surface area contributed by atoms with Crippen molar-refractivity contribution in [2.75, 3.05) is 13.1 Å². The first-order valence-electron chi connectivity index (χ1n) is 5.38. The van der Waals surface area contributed by atoms with E-state index in [1.807, 2.05) is 0 Å². The van der Waals surface area contributed by atoms with Gasteiger partial charge in [-0.1, -0.05) is 0 Å². The van der Waals surface area contributed by atoms with E-state index in [4.69, 9.17) is 0 Å². The summed E-state index contributed by atoms with van der Waals surface area (Å²) in [6.07, 6.45) is -1.71. The number of aromatic nitrogens is 1. The maximum atomic E-state index is 12.8. The van der Waals surface area contributed by atoms with Crippen LogP contribution in [0.3, 0.4) is 0 Å². The van der Waals surface area contributed by atoms with E-state index < -0.39 is 17.3 Å². The van der Waals surface area contributed by atoms with Crippen molar-refractivity contribution >= 4 is 0 Å². The lowest BCUT2D eigenvalue weighted by Gasteiger charge is -2.34. The molecule has 6 heteroatoms. The number of nitrogens with zero attached hydrogens (tertiary/aromatic N) is 1. The lowest BCUT2D eigenvalue weighted by atomic mass is 9.83. The number of hydrogen-bond acceptors (Lipinski definition) is 3. The molecule has 0 atom stereocenters. The highest BCUT2D eigenvalue weighted by molar-refractivity contribution is 5.32. The van der Waals surface area contributed by atoms with Crippen LogP contribution in [0.4, 0.5) is 13.2 Å². The zero-order valence-electron chi connectivity index (χ0n) is 9.09. The number of alkyl halides is 3. The summed E-state index contributed by atoms with van der Waals surface area (Å²) >= 11 is 0. The molecule has 0 unspecified atom stereocenters. The van der Waals surface area contributed by atoms with Crippen LogP contribution in [0.5, 0.6) is 0 Å². The topological polar surface area (TPSA) is 45.2 Å². The Labute approximate surface area is 96.7 Å². The number of piperidine rings is 1. The minimum Gasteiger partial charge on any atom is -0.385 e. The fourth-order valence-corrected chi connectivity index (χ4v) is 2.12. The molecule has 1 aromatic rings. The Kier molecular flexibility index (Phi) is 3.09. The van der Waals surface area contributed by atoms with Gasteiger partial charge in [0.15, 0.2) is 0 Å². The first-order valence-corrected chi connectivity index (χ1v) is 5.38. The molecule has 0 radical (unpaired) electrons. The van der Waals surface area contributed by atoms with Gasteiger partial charge >= 0.3 is 6.18 Å². The van der Waals surface area contributed by atoms with E-state index in [1.165, 1.54) is 0 Å². The van der Waals surface area contributed by atoms with Gasteiger partial charge in [0.25, 0.3) is 0 Å². The summed E-state index contributed by atoms with van der Waals surface area (Å²) in [6.45, 7) is 1.01. The van der Waals surface area contributed by atoms with Gasteiger partial charge < -0.3 is 10.4 Å². The van der Waals surface area contributed by atoms with Crippen LogP contribution in [0.15, 0.2) is 18.5 Å². The van der Waals surface area contributed by atoms with Crippen LogP contribution in [-0.4, -0.2) is 23.2 Å². The number of rotatable bonds is 1. The Morgan fingerprint density at radius 2 is 1.94 bits per heavy atom. The molecular formula is C11H13F3N2O. The molecule has 3 nitrogen and oxygen atoms in total. The third-order valence-corrected chi connectivity index (χ3v) is 3.06. The maximum absolute atomic E-state index is 12.8. The van der Waals surface area contributed by atoms with Gasteiger partial charge in [0.2, 0.25) is 0 Å². The first kappa shape index (κ1) is 12.3. The number of pyridine rings is 1. The highest BCUT2D eigenvalue weighted by Gasteiger charge is 2.41. The summed E-state index contributed by atoms with van der Waals surface area (Å²) in [7, 11) is 0. The van der Waals surface area contributed by atoms with Gasteiger partial charge in [-0.2, -0.15) is 13.2 Å².